The first-order chi connectivity index (χ1) is 10.3. The molecule has 0 unspecified atom stereocenters. The van der Waals surface area contributed by atoms with Crippen molar-refractivity contribution in [3.8, 4) is 0 Å². The van der Waals surface area contributed by atoms with Crippen LogP contribution in [-0.4, -0.2) is 67.6 Å². The summed E-state index contributed by atoms with van der Waals surface area (Å²) in [6, 6.07) is 10.5. The second-order valence-electron chi connectivity index (χ2n) is 6.45. The van der Waals surface area contributed by atoms with Gasteiger partial charge in [-0.3, -0.25) is 9.69 Å². The van der Waals surface area contributed by atoms with Crippen LogP contribution >= 0.6 is 0 Å². The van der Waals surface area contributed by atoms with Gasteiger partial charge in [-0.15, -0.1) is 0 Å². The summed E-state index contributed by atoms with van der Waals surface area (Å²) < 4.78 is 1.01. The summed E-state index contributed by atoms with van der Waals surface area (Å²) in [5.74, 6) is 0.235. The van der Waals surface area contributed by atoms with Gasteiger partial charge in [0.2, 0.25) is 0 Å². The van der Waals surface area contributed by atoms with Crippen LogP contribution in [0.2, 0.25) is 0 Å². The molecule has 0 saturated carbocycles. The van der Waals surface area contributed by atoms with E-state index in [4.69, 9.17) is 0 Å². The molecule has 0 atom stereocenters. The number of amides is 1. The third-order valence-electron chi connectivity index (χ3n) is 4.96. The van der Waals surface area contributed by atoms with E-state index in [1.807, 2.05) is 6.07 Å². The van der Waals surface area contributed by atoms with Crippen molar-refractivity contribution in [3.63, 3.8) is 0 Å². The third-order valence-corrected chi connectivity index (χ3v) is 4.96. The van der Waals surface area contributed by atoms with Crippen molar-refractivity contribution in [2.24, 2.45) is 0 Å². The Morgan fingerprint density at radius 1 is 1.10 bits per heavy atom. The van der Waals surface area contributed by atoms with Gasteiger partial charge in [-0.05, 0) is 18.4 Å². The van der Waals surface area contributed by atoms with Crippen LogP contribution in [0.15, 0.2) is 30.3 Å². The Kier molecular flexibility index (Phi) is 4.56. The maximum absolute atomic E-state index is 12.2. The van der Waals surface area contributed by atoms with Crippen LogP contribution < -0.4 is 5.32 Å². The molecule has 3 heterocycles. The summed E-state index contributed by atoms with van der Waals surface area (Å²) in [6.45, 7) is 8.43. The topological polar surface area (TPSA) is 32.3 Å². The van der Waals surface area contributed by atoms with Gasteiger partial charge in [0.1, 0.15) is 0 Å². The quantitative estimate of drug-likeness (QED) is 0.622. The van der Waals surface area contributed by atoms with Crippen molar-refractivity contribution in [2.75, 3.05) is 52.4 Å². The van der Waals surface area contributed by atoms with Gasteiger partial charge in [-0.2, -0.15) is 0 Å². The number of benzene rings is 1. The first-order valence-corrected chi connectivity index (χ1v) is 8.14. The minimum Gasteiger partial charge on any atom is -0.351 e. The van der Waals surface area contributed by atoms with E-state index in [1.54, 1.807) is 0 Å². The second-order valence-corrected chi connectivity index (χ2v) is 6.45. The van der Waals surface area contributed by atoms with Crippen LogP contribution in [0.5, 0.6) is 0 Å². The first-order valence-electron chi connectivity index (χ1n) is 8.14. The molecule has 3 aliphatic rings. The van der Waals surface area contributed by atoms with E-state index < -0.39 is 0 Å². The Balaban J connectivity index is 1.37. The standard InChI is InChI=1S/C17H25N3O/c21-17(15-20-12-9-19(10-13-20)11-14-20)18-8-4-7-16-5-2-1-3-6-16/h1-3,5-6H,4,7-15H2/p+1. The number of piperazine rings is 3. The predicted molar refractivity (Wildman–Crippen MR) is 83.9 cm³/mol. The Labute approximate surface area is 127 Å². The molecule has 2 bridgehead atoms. The van der Waals surface area contributed by atoms with Crippen molar-refractivity contribution < 1.29 is 9.28 Å². The molecule has 1 aromatic rings. The molecule has 114 valence electrons. The normalized spacial score (nSPS) is 27.5. The van der Waals surface area contributed by atoms with Gasteiger partial charge in [-0.1, -0.05) is 30.3 Å². The number of fused-ring (bicyclic) bond motifs is 3. The zero-order chi connectivity index (χ0) is 14.5. The van der Waals surface area contributed by atoms with Gasteiger partial charge in [0.15, 0.2) is 6.54 Å². The molecule has 4 rings (SSSR count). The number of carbonyl (C=O) groups is 1. The first kappa shape index (κ1) is 14.5. The zero-order valence-corrected chi connectivity index (χ0v) is 12.8. The number of rotatable bonds is 6. The number of hydrogen-bond acceptors (Lipinski definition) is 2. The van der Waals surface area contributed by atoms with Crippen LogP contribution in [0.1, 0.15) is 12.0 Å². The Hall–Kier alpha value is -1.39. The predicted octanol–water partition coefficient (Wildman–Crippen LogP) is 0.881. The number of nitrogens with zero attached hydrogens (tertiary/aromatic N) is 2. The fourth-order valence-electron chi connectivity index (χ4n) is 3.49. The number of carbonyl (C=O) groups excluding carboxylic acids is 1. The average Bonchev–Trinajstić information content (AvgIpc) is 2.54. The second kappa shape index (κ2) is 6.58. The van der Waals surface area contributed by atoms with Crippen LogP contribution in [0, 0.1) is 0 Å². The van der Waals surface area contributed by atoms with Crippen LogP contribution in [0.4, 0.5) is 0 Å². The van der Waals surface area contributed by atoms with E-state index in [9.17, 15) is 4.79 Å². The van der Waals surface area contributed by atoms with Crippen molar-refractivity contribution >= 4 is 5.91 Å². The van der Waals surface area contributed by atoms with E-state index in [0.29, 0.717) is 6.54 Å². The lowest BCUT2D eigenvalue weighted by Gasteiger charge is -2.50. The highest BCUT2D eigenvalue weighted by Crippen LogP contribution is 2.18. The minimum atomic E-state index is 0.235. The molecule has 3 fully saturated rings. The molecule has 0 aliphatic carbocycles. The number of aryl methyl sites for hydroxylation is 1. The molecule has 4 nitrogen and oxygen atoms in total. The Morgan fingerprint density at radius 2 is 1.76 bits per heavy atom. The van der Waals surface area contributed by atoms with Crippen LogP contribution in [-0.2, 0) is 11.2 Å². The smallest absolute Gasteiger partial charge is 0.275 e. The number of hydrogen-bond donors (Lipinski definition) is 1. The van der Waals surface area contributed by atoms with E-state index in [0.717, 1.165) is 43.5 Å². The maximum atomic E-state index is 12.2. The molecule has 3 aliphatic heterocycles. The SMILES string of the molecule is O=C(C[N+]12CCN(CC1)CC2)NCCCc1ccccc1. The molecule has 3 saturated heterocycles. The average molecular weight is 288 g/mol. The summed E-state index contributed by atoms with van der Waals surface area (Å²) >= 11 is 0. The summed E-state index contributed by atoms with van der Waals surface area (Å²) in [6.07, 6.45) is 2.06. The molecule has 0 radical (unpaired) electrons. The molecule has 4 heteroatoms. The molecule has 1 N–H and O–H groups in total. The number of quaternary nitrogens is 1. The summed E-state index contributed by atoms with van der Waals surface area (Å²) in [5, 5.41) is 3.11. The van der Waals surface area contributed by atoms with Gasteiger partial charge in [0.05, 0.1) is 19.6 Å². The third kappa shape index (κ3) is 3.83. The van der Waals surface area contributed by atoms with E-state index in [-0.39, 0.29) is 5.91 Å². The summed E-state index contributed by atoms with van der Waals surface area (Å²) in [7, 11) is 0. The monoisotopic (exact) mass is 288 g/mol. The molecule has 1 amide bonds. The largest absolute Gasteiger partial charge is 0.351 e. The highest BCUT2D eigenvalue weighted by Gasteiger charge is 2.39. The van der Waals surface area contributed by atoms with Crippen LogP contribution in [0.3, 0.4) is 0 Å². The lowest BCUT2D eigenvalue weighted by atomic mass is 10.1. The molecular weight excluding hydrogens is 262 g/mol. The van der Waals surface area contributed by atoms with Gasteiger partial charge in [-0.25, -0.2) is 0 Å². The van der Waals surface area contributed by atoms with Gasteiger partial charge in [0, 0.05) is 26.2 Å². The fraction of sp³-hybridized carbons (Fsp3) is 0.588. The van der Waals surface area contributed by atoms with Gasteiger partial charge in [0.25, 0.3) is 5.91 Å². The fourth-order valence-corrected chi connectivity index (χ4v) is 3.49. The summed E-state index contributed by atoms with van der Waals surface area (Å²) in [4.78, 5) is 14.7. The molecule has 0 aromatic heterocycles. The van der Waals surface area contributed by atoms with E-state index in [1.165, 1.54) is 25.2 Å². The van der Waals surface area contributed by atoms with Crippen LogP contribution in [0.25, 0.3) is 0 Å². The van der Waals surface area contributed by atoms with Crippen molar-refractivity contribution in [1.82, 2.24) is 10.2 Å². The van der Waals surface area contributed by atoms with E-state index in [2.05, 4.69) is 34.5 Å². The lowest BCUT2D eigenvalue weighted by Crippen LogP contribution is -2.69. The zero-order valence-electron chi connectivity index (χ0n) is 12.8. The minimum absolute atomic E-state index is 0.235. The van der Waals surface area contributed by atoms with Crippen molar-refractivity contribution in [2.45, 2.75) is 12.8 Å². The highest BCUT2D eigenvalue weighted by molar-refractivity contribution is 5.77. The molecule has 0 spiro atoms. The highest BCUT2D eigenvalue weighted by atomic mass is 16.2. The van der Waals surface area contributed by atoms with Gasteiger partial charge >= 0.3 is 0 Å². The Bertz CT molecular complexity index is 452. The van der Waals surface area contributed by atoms with Gasteiger partial charge < -0.3 is 9.80 Å². The van der Waals surface area contributed by atoms with Crippen molar-refractivity contribution in [1.29, 1.82) is 0 Å². The Morgan fingerprint density at radius 3 is 2.43 bits per heavy atom. The molecular formula is C17H26N3O+. The maximum Gasteiger partial charge on any atom is 0.275 e. The number of nitrogens with one attached hydrogen (secondary N) is 1. The summed E-state index contributed by atoms with van der Waals surface area (Å²) in [5.41, 5.74) is 1.35. The molecule has 1 aromatic carbocycles. The van der Waals surface area contributed by atoms with E-state index >= 15 is 0 Å². The molecule has 21 heavy (non-hydrogen) atoms. The van der Waals surface area contributed by atoms with Crippen molar-refractivity contribution in [3.05, 3.63) is 35.9 Å². The lowest BCUT2D eigenvalue weighted by molar-refractivity contribution is -0.933.